The Bertz CT molecular complexity index is 626. The summed E-state index contributed by atoms with van der Waals surface area (Å²) in [4.78, 5) is 16.2. The number of nitrogen functional groups attached to an aromatic ring is 1. The Hall–Kier alpha value is -2.56. The van der Waals surface area contributed by atoms with Gasteiger partial charge < -0.3 is 15.8 Å². The van der Waals surface area contributed by atoms with Crippen LogP contribution in [-0.2, 0) is 6.54 Å². The molecule has 0 bridgehead atoms. The Labute approximate surface area is 117 Å². The van der Waals surface area contributed by atoms with E-state index in [4.69, 9.17) is 10.5 Å². The maximum atomic E-state index is 12.2. The first-order chi connectivity index (χ1) is 9.61. The van der Waals surface area contributed by atoms with E-state index in [0.717, 1.165) is 11.1 Å². The predicted octanol–water partition coefficient (Wildman–Crippen LogP) is 1.91. The number of pyridine rings is 1. The van der Waals surface area contributed by atoms with Gasteiger partial charge in [0.15, 0.2) is 0 Å². The molecule has 0 unspecified atom stereocenters. The van der Waals surface area contributed by atoms with E-state index < -0.39 is 0 Å². The highest BCUT2D eigenvalue weighted by molar-refractivity contribution is 5.97. The number of methoxy groups -OCH3 is 1. The van der Waals surface area contributed by atoms with Crippen molar-refractivity contribution in [1.29, 1.82) is 0 Å². The van der Waals surface area contributed by atoms with Gasteiger partial charge in [-0.05, 0) is 42.3 Å². The van der Waals surface area contributed by atoms with E-state index in [1.54, 1.807) is 30.6 Å². The van der Waals surface area contributed by atoms with Gasteiger partial charge in [0.25, 0.3) is 5.91 Å². The number of hydrogen-bond acceptors (Lipinski definition) is 4. The first kappa shape index (κ1) is 13.9. The molecular formula is C15H17N3O2. The Kier molecular flexibility index (Phi) is 4.20. The predicted molar refractivity (Wildman–Crippen MR) is 77.6 cm³/mol. The van der Waals surface area contributed by atoms with Crippen LogP contribution in [0.3, 0.4) is 0 Å². The number of nitrogens with two attached hydrogens (primary N) is 1. The summed E-state index contributed by atoms with van der Waals surface area (Å²) >= 11 is 0. The van der Waals surface area contributed by atoms with Crippen LogP contribution in [0.4, 0.5) is 5.69 Å². The zero-order valence-electron chi connectivity index (χ0n) is 11.5. The van der Waals surface area contributed by atoms with Gasteiger partial charge in [-0.15, -0.1) is 0 Å². The molecule has 0 aliphatic rings. The molecule has 3 N–H and O–H groups in total. The van der Waals surface area contributed by atoms with Gasteiger partial charge in [-0.2, -0.15) is 0 Å². The zero-order chi connectivity index (χ0) is 14.5. The van der Waals surface area contributed by atoms with E-state index in [2.05, 4.69) is 10.3 Å². The van der Waals surface area contributed by atoms with E-state index in [1.807, 2.05) is 13.0 Å². The van der Waals surface area contributed by atoms with Crippen molar-refractivity contribution in [2.75, 3.05) is 12.8 Å². The Morgan fingerprint density at radius 1 is 1.40 bits per heavy atom. The van der Waals surface area contributed by atoms with Crippen LogP contribution in [0, 0.1) is 6.92 Å². The molecule has 104 valence electrons. The molecule has 5 nitrogen and oxygen atoms in total. The summed E-state index contributed by atoms with van der Waals surface area (Å²) in [6.45, 7) is 2.39. The van der Waals surface area contributed by atoms with Crippen LogP contribution < -0.4 is 15.8 Å². The van der Waals surface area contributed by atoms with Crippen molar-refractivity contribution in [2.45, 2.75) is 13.5 Å². The third-order valence-corrected chi connectivity index (χ3v) is 3.06. The van der Waals surface area contributed by atoms with Crippen molar-refractivity contribution in [3.05, 3.63) is 53.3 Å². The minimum Gasteiger partial charge on any atom is -0.496 e. The summed E-state index contributed by atoms with van der Waals surface area (Å²) < 4.78 is 5.17. The maximum absolute atomic E-state index is 12.2. The molecule has 20 heavy (non-hydrogen) atoms. The van der Waals surface area contributed by atoms with Crippen LogP contribution in [0.25, 0.3) is 0 Å². The van der Waals surface area contributed by atoms with E-state index in [1.165, 1.54) is 7.11 Å². The second-order valence-electron chi connectivity index (χ2n) is 4.44. The molecule has 5 heteroatoms. The van der Waals surface area contributed by atoms with Gasteiger partial charge in [-0.3, -0.25) is 9.78 Å². The molecular weight excluding hydrogens is 254 g/mol. The van der Waals surface area contributed by atoms with Crippen LogP contribution in [0.5, 0.6) is 5.75 Å². The fraction of sp³-hybridized carbons (Fsp3) is 0.200. The number of aromatic nitrogens is 1. The van der Waals surface area contributed by atoms with Crippen molar-refractivity contribution in [3.8, 4) is 5.75 Å². The molecule has 0 aliphatic carbocycles. The highest BCUT2D eigenvalue weighted by atomic mass is 16.5. The molecule has 1 aromatic heterocycles. The minimum atomic E-state index is -0.225. The number of nitrogens with zero attached hydrogens (tertiary/aromatic N) is 1. The molecule has 1 aromatic carbocycles. The highest BCUT2D eigenvalue weighted by Gasteiger charge is 2.12. The summed E-state index contributed by atoms with van der Waals surface area (Å²) in [6.07, 6.45) is 3.47. The number of amides is 1. The first-order valence-electron chi connectivity index (χ1n) is 6.23. The number of benzene rings is 1. The van der Waals surface area contributed by atoms with Crippen LogP contribution in [0.1, 0.15) is 21.5 Å². The second-order valence-corrected chi connectivity index (χ2v) is 4.44. The second kappa shape index (κ2) is 6.06. The number of nitrogens with one attached hydrogen (secondary N) is 1. The maximum Gasteiger partial charge on any atom is 0.255 e. The monoisotopic (exact) mass is 271 g/mol. The van der Waals surface area contributed by atoms with Crippen molar-refractivity contribution in [1.82, 2.24) is 10.3 Å². The molecule has 2 aromatic rings. The fourth-order valence-corrected chi connectivity index (χ4v) is 1.86. The lowest BCUT2D eigenvalue weighted by Gasteiger charge is -2.11. The number of carbonyl (C=O) groups is 1. The number of rotatable bonds is 4. The SMILES string of the molecule is COc1ccc(N)cc1C(=O)NCc1cnccc1C. The van der Waals surface area contributed by atoms with Gasteiger partial charge in [0.1, 0.15) is 5.75 Å². The number of aryl methyl sites for hydroxylation is 1. The molecule has 0 saturated heterocycles. The molecule has 0 spiro atoms. The van der Waals surface area contributed by atoms with Crippen molar-refractivity contribution < 1.29 is 9.53 Å². The molecule has 0 atom stereocenters. The topological polar surface area (TPSA) is 77.2 Å². The zero-order valence-corrected chi connectivity index (χ0v) is 11.5. The molecule has 0 aliphatic heterocycles. The number of hydrogen-bond donors (Lipinski definition) is 2. The number of anilines is 1. The Morgan fingerprint density at radius 3 is 2.90 bits per heavy atom. The van der Waals surface area contributed by atoms with Gasteiger partial charge in [0.2, 0.25) is 0 Å². The lowest BCUT2D eigenvalue weighted by atomic mass is 10.1. The normalized spacial score (nSPS) is 10.1. The van der Waals surface area contributed by atoms with E-state index in [0.29, 0.717) is 23.5 Å². The average molecular weight is 271 g/mol. The lowest BCUT2D eigenvalue weighted by molar-refractivity contribution is 0.0948. The molecule has 1 amide bonds. The standard InChI is InChI=1S/C15H17N3O2/c1-10-5-6-17-8-11(10)9-18-15(19)13-7-12(16)3-4-14(13)20-2/h3-8H,9,16H2,1-2H3,(H,18,19). The molecule has 0 radical (unpaired) electrons. The van der Waals surface area contributed by atoms with Crippen molar-refractivity contribution in [3.63, 3.8) is 0 Å². The van der Waals surface area contributed by atoms with Crippen LogP contribution >= 0.6 is 0 Å². The highest BCUT2D eigenvalue weighted by Crippen LogP contribution is 2.21. The van der Waals surface area contributed by atoms with Gasteiger partial charge in [0.05, 0.1) is 12.7 Å². The lowest BCUT2D eigenvalue weighted by Crippen LogP contribution is -2.24. The minimum absolute atomic E-state index is 0.225. The summed E-state index contributed by atoms with van der Waals surface area (Å²) in [5, 5.41) is 2.84. The van der Waals surface area contributed by atoms with Gasteiger partial charge in [-0.25, -0.2) is 0 Å². The van der Waals surface area contributed by atoms with Crippen LogP contribution in [0.15, 0.2) is 36.7 Å². The van der Waals surface area contributed by atoms with Gasteiger partial charge >= 0.3 is 0 Å². The van der Waals surface area contributed by atoms with E-state index >= 15 is 0 Å². The van der Waals surface area contributed by atoms with E-state index in [9.17, 15) is 4.79 Å². The summed E-state index contributed by atoms with van der Waals surface area (Å²) in [5.41, 5.74) is 8.71. The van der Waals surface area contributed by atoms with E-state index in [-0.39, 0.29) is 5.91 Å². The molecule has 1 heterocycles. The summed E-state index contributed by atoms with van der Waals surface area (Å²) in [7, 11) is 1.52. The van der Waals surface area contributed by atoms with Crippen molar-refractivity contribution in [2.24, 2.45) is 0 Å². The first-order valence-corrected chi connectivity index (χ1v) is 6.23. The third kappa shape index (κ3) is 3.06. The fourth-order valence-electron chi connectivity index (χ4n) is 1.86. The largest absolute Gasteiger partial charge is 0.496 e. The summed E-state index contributed by atoms with van der Waals surface area (Å²) in [5.74, 6) is 0.275. The molecule has 0 saturated carbocycles. The summed E-state index contributed by atoms with van der Waals surface area (Å²) in [6, 6.07) is 6.88. The Morgan fingerprint density at radius 2 is 2.20 bits per heavy atom. The number of carbonyl (C=O) groups excluding carboxylic acids is 1. The van der Waals surface area contributed by atoms with Crippen molar-refractivity contribution >= 4 is 11.6 Å². The van der Waals surface area contributed by atoms with Crippen LogP contribution in [-0.4, -0.2) is 18.0 Å². The van der Waals surface area contributed by atoms with Crippen LogP contribution in [0.2, 0.25) is 0 Å². The van der Waals surface area contributed by atoms with Gasteiger partial charge in [0, 0.05) is 24.6 Å². The molecule has 0 fully saturated rings. The Balaban J connectivity index is 2.13. The molecule has 2 rings (SSSR count). The average Bonchev–Trinajstić information content (AvgIpc) is 2.46. The quantitative estimate of drug-likeness (QED) is 0.833. The number of ether oxygens (including phenoxy) is 1. The van der Waals surface area contributed by atoms with Gasteiger partial charge in [-0.1, -0.05) is 0 Å². The third-order valence-electron chi connectivity index (χ3n) is 3.06. The smallest absolute Gasteiger partial charge is 0.255 e.